The second-order valence-corrected chi connectivity index (χ2v) is 10.6. The molecule has 1 saturated heterocycles. The van der Waals surface area contributed by atoms with E-state index in [1.54, 1.807) is 31.3 Å². The van der Waals surface area contributed by atoms with Gasteiger partial charge in [0.05, 0.1) is 28.7 Å². The van der Waals surface area contributed by atoms with Crippen LogP contribution >= 0.6 is 0 Å². The van der Waals surface area contributed by atoms with E-state index in [9.17, 15) is 26.3 Å². The van der Waals surface area contributed by atoms with Gasteiger partial charge >= 0.3 is 12.4 Å². The Bertz CT molecular complexity index is 1590. The molecule has 2 aliphatic rings. The highest BCUT2D eigenvalue weighted by atomic mass is 19.4. The molecule has 0 unspecified atom stereocenters. The predicted molar refractivity (Wildman–Crippen MR) is 143 cm³/mol. The van der Waals surface area contributed by atoms with E-state index in [2.05, 4.69) is 15.0 Å². The number of pyridine rings is 1. The highest BCUT2D eigenvalue weighted by Gasteiger charge is 2.37. The lowest BCUT2D eigenvalue weighted by Crippen LogP contribution is -2.45. The number of halogens is 6. The predicted octanol–water partition coefficient (Wildman–Crippen LogP) is 8.78. The van der Waals surface area contributed by atoms with Crippen molar-refractivity contribution in [3.63, 3.8) is 0 Å². The van der Waals surface area contributed by atoms with Crippen LogP contribution in [0.5, 0.6) is 0 Å². The number of benzene rings is 2. The van der Waals surface area contributed by atoms with Crippen molar-refractivity contribution in [1.29, 1.82) is 0 Å². The molecule has 2 aromatic carbocycles. The van der Waals surface area contributed by atoms with Crippen molar-refractivity contribution < 1.29 is 30.9 Å². The van der Waals surface area contributed by atoms with E-state index in [-0.39, 0.29) is 23.1 Å². The molecule has 0 amide bonds. The Balaban J connectivity index is 1.17. The zero-order valence-corrected chi connectivity index (χ0v) is 21.9. The van der Waals surface area contributed by atoms with Crippen LogP contribution in [-0.4, -0.2) is 23.2 Å². The minimum Gasteiger partial charge on any atom is -0.369 e. The molecule has 1 aliphatic carbocycles. The Kier molecular flexibility index (Phi) is 6.66. The zero-order chi connectivity index (χ0) is 28.9. The van der Waals surface area contributed by atoms with Gasteiger partial charge in [-0.15, -0.1) is 0 Å². The molecular formula is C31H25F6N3O. The van der Waals surface area contributed by atoms with E-state index in [4.69, 9.17) is 4.52 Å². The summed E-state index contributed by atoms with van der Waals surface area (Å²) >= 11 is 0. The van der Waals surface area contributed by atoms with Crippen molar-refractivity contribution in [3.05, 3.63) is 94.9 Å². The van der Waals surface area contributed by atoms with E-state index in [1.807, 2.05) is 18.2 Å². The smallest absolute Gasteiger partial charge is 0.369 e. The summed E-state index contributed by atoms with van der Waals surface area (Å²) in [6, 6.07) is 12.8. The molecule has 2 aromatic heterocycles. The van der Waals surface area contributed by atoms with Gasteiger partial charge in [0.25, 0.3) is 0 Å². The van der Waals surface area contributed by atoms with Crippen LogP contribution < -0.4 is 4.90 Å². The number of nitrogens with zero attached hydrogens (tertiary/aromatic N) is 3. The largest absolute Gasteiger partial charge is 0.417 e. The summed E-state index contributed by atoms with van der Waals surface area (Å²) < 4.78 is 86.3. The highest BCUT2D eigenvalue weighted by molar-refractivity contribution is 5.76. The van der Waals surface area contributed by atoms with E-state index < -0.39 is 23.5 Å². The van der Waals surface area contributed by atoms with Gasteiger partial charge in [-0.05, 0) is 61.7 Å². The van der Waals surface area contributed by atoms with Gasteiger partial charge in [-0.1, -0.05) is 35.5 Å². The van der Waals surface area contributed by atoms with Crippen molar-refractivity contribution >= 4 is 11.8 Å². The number of hydrogen-bond donors (Lipinski definition) is 0. The van der Waals surface area contributed by atoms with Crippen LogP contribution in [0.15, 0.2) is 71.4 Å². The quantitative estimate of drug-likeness (QED) is 0.218. The molecule has 4 aromatic rings. The summed E-state index contributed by atoms with van der Waals surface area (Å²) in [5, 5.41) is 4.06. The van der Waals surface area contributed by atoms with Gasteiger partial charge in [0.15, 0.2) is 0 Å². The standard InChI is InChI=1S/C31H25F6N3O/c1-18-12-21(14-22(13-18)30(32,33)34)27-11-9-23(15-38-27)40-16-19(17-40)6-10-25-28(39-41-29(25)20-7-8-20)24-4-2-3-5-26(24)31(35,36)37/h2-6,9-15,19-20H,7-8,16-17H2,1H3/b10-6+. The van der Waals surface area contributed by atoms with Crippen LogP contribution in [0.1, 0.15) is 46.8 Å². The molecule has 0 N–H and O–H groups in total. The van der Waals surface area contributed by atoms with Crippen LogP contribution in [-0.2, 0) is 12.4 Å². The van der Waals surface area contributed by atoms with Gasteiger partial charge in [0.1, 0.15) is 11.5 Å². The first kappa shape index (κ1) is 27.1. The fraction of sp³-hybridized carbons (Fsp3) is 0.290. The number of aryl methyl sites for hydroxylation is 1. The summed E-state index contributed by atoms with van der Waals surface area (Å²) in [5.41, 5.74) is 1.50. The second kappa shape index (κ2) is 10.1. The third-order valence-electron chi connectivity index (χ3n) is 7.45. The minimum atomic E-state index is -4.52. The average Bonchev–Trinajstić information content (AvgIpc) is 3.66. The molecule has 212 valence electrons. The van der Waals surface area contributed by atoms with E-state index in [0.717, 1.165) is 36.7 Å². The number of hydrogen-bond acceptors (Lipinski definition) is 4. The summed E-state index contributed by atoms with van der Waals surface area (Å²) in [4.78, 5) is 6.48. The van der Waals surface area contributed by atoms with Gasteiger partial charge in [0.2, 0.25) is 0 Å². The molecular weight excluding hydrogens is 544 g/mol. The molecule has 6 rings (SSSR count). The van der Waals surface area contributed by atoms with Crippen LogP contribution in [0, 0.1) is 12.8 Å². The summed E-state index contributed by atoms with van der Waals surface area (Å²) in [7, 11) is 0. The van der Waals surface area contributed by atoms with Gasteiger partial charge < -0.3 is 9.42 Å². The second-order valence-electron chi connectivity index (χ2n) is 10.6. The molecule has 41 heavy (non-hydrogen) atoms. The maximum atomic E-state index is 13.7. The highest BCUT2D eigenvalue weighted by Crippen LogP contribution is 2.46. The summed E-state index contributed by atoms with van der Waals surface area (Å²) in [6.45, 7) is 2.95. The maximum Gasteiger partial charge on any atom is 0.417 e. The van der Waals surface area contributed by atoms with Crippen molar-refractivity contribution in [1.82, 2.24) is 10.1 Å². The average molecular weight is 570 g/mol. The SMILES string of the molecule is Cc1cc(-c2ccc(N3CC(/C=C/c4c(-c5ccccc5C(F)(F)F)noc4C4CC4)C3)cn2)cc(C(F)(F)F)c1. The minimum absolute atomic E-state index is 0.00679. The fourth-order valence-electron chi connectivity index (χ4n) is 5.16. The van der Waals surface area contributed by atoms with Gasteiger partial charge in [-0.3, -0.25) is 4.98 Å². The molecule has 4 nitrogen and oxygen atoms in total. The first-order chi connectivity index (χ1) is 19.5. The molecule has 0 bridgehead atoms. The molecule has 1 aliphatic heterocycles. The molecule has 3 heterocycles. The zero-order valence-electron chi connectivity index (χ0n) is 21.9. The van der Waals surface area contributed by atoms with Crippen molar-refractivity contribution in [2.24, 2.45) is 5.92 Å². The Morgan fingerprint density at radius 2 is 1.68 bits per heavy atom. The third-order valence-corrected chi connectivity index (χ3v) is 7.45. The van der Waals surface area contributed by atoms with Crippen molar-refractivity contribution in [2.75, 3.05) is 18.0 Å². The molecule has 1 saturated carbocycles. The third kappa shape index (κ3) is 5.60. The molecule has 0 atom stereocenters. The number of rotatable bonds is 6. The maximum absolute atomic E-state index is 13.7. The Labute approximate surface area is 232 Å². The number of anilines is 1. The summed E-state index contributed by atoms with van der Waals surface area (Å²) in [6.07, 6.45) is -1.69. The number of alkyl halides is 6. The summed E-state index contributed by atoms with van der Waals surface area (Å²) in [5.74, 6) is 0.930. The molecule has 0 radical (unpaired) electrons. The molecule has 10 heteroatoms. The topological polar surface area (TPSA) is 42.2 Å². The Hall–Kier alpha value is -4.08. The van der Waals surface area contributed by atoms with Gasteiger partial charge in [0, 0.05) is 41.6 Å². The molecule has 0 spiro atoms. The lowest BCUT2D eigenvalue weighted by atomic mass is 9.95. The Morgan fingerprint density at radius 1 is 0.927 bits per heavy atom. The van der Waals surface area contributed by atoms with Crippen LogP contribution in [0.25, 0.3) is 28.6 Å². The van der Waals surface area contributed by atoms with Crippen LogP contribution in [0.4, 0.5) is 32.0 Å². The van der Waals surface area contributed by atoms with Gasteiger partial charge in [-0.2, -0.15) is 26.3 Å². The first-order valence-electron chi connectivity index (χ1n) is 13.2. The van der Waals surface area contributed by atoms with Gasteiger partial charge in [-0.25, -0.2) is 0 Å². The van der Waals surface area contributed by atoms with Crippen molar-refractivity contribution in [3.8, 4) is 22.5 Å². The number of aromatic nitrogens is 2. The van der Waals surface area contributed by atoms with E-state index in [0.29, 0.717) is 41.2 Å². The van der Waals surface area contributed by atoms with Crippen LogP contribution in [0.2, 0.25) is 0 Å². The lowest BCUT2D eigenvalue weighted by Gasteiger charge is -2.39. The normalized spacial score (nSPS) is 16.4. The fourth-order valence-corrected chi connectivity index (χ4v) is 5.16. The van der Waals surface area contributed by atoms with Crippen LogP contribution in [0.3, 0.4) is 0 Å². The van der Waals surface area contributed by atoms with E-state index in [1.165, 1.54) is 12.1 Å². The monoisotopic (exact) mass is 569 g/mol. The van der Waals surface area contributed by atoms with E-state index >= 15 is 0 Å². The van der Waals surface area contributed by atoms with Crippen molar-refractivity contribution in [2.45, 2.75) is 38.0 Å². The molecule has 2 fully saturated rings. The lowest BCUT2D eigenvalue weighted by molar-refractivity contribution is -0.138. The first-order valence-corrected chi connectivity index (χ1v) is 13.2. The Morgan fingerprint density at radius 3 is 2.34 bits per heavy atom.